The maximum Gasteiger partial charge on any atom is 0.306 e. The van der Waals surface area contributed by atoms with Crippen molar-refractivity contribution >= 4 is 40.1 Å². The third kappa shape index (κ3) is 7.63. The summed E-state index contributed by atoms with van der Waals surface area (Å²) in [5.41, 5.74) is 8.70. The number of hydrogen-bond donors (Lipinski definition) is 3. The van der Waals surface area contributed by atoms with E-state index in [1.165, 1.54) is 0 Å². The van der Waals surface area contributed by atoms with Gasteiger partial charge in [0.15, 0.2) is 5.82 Å². The van der Waals surface area contributed by atoms with Gasteiger partial charge in [-0.25, -0.2) is 4.98 Å². The Morgan fingerprint density at radius 3 is 2.58 bits per heavy atom. The molecule has 3 aromatic heterocycles. The molecule has 8 rings (SSSR count). The molecule has 2 aliphatic heterocycles. The molecule has 1 amide bonds. The van der Waals surface area contributed by atoms with Gasteiger partial charge in [-0.3, -0.25) is 29.4 Å². The molecule has 0 radical (unpaired) electrons. The van der Waals surface area contributed by atoms with Gasteiger partial charge in [0.1, 0.15) is 0 Å². The van der Waals surface area contributed by atoms with E-state index >= 15 is 0 Å². The molecule has 0 unspecified atom stereocenters. The molecule has 2 fully saturated rings. The molecule has 5 heterocycles. The molecule has 1 saturated carbocycles. The average Bonchev–Trinajstić information content (AvgIpc) is 3.70. The summed E-state index contributed by atoms with van der Waals surface area (Å²) in [6.07, 6.45) is 9.07. The summed E-state index contributed by atoms with van der Waals surface area (Å²) in [6, 6.07) is 16.4. The molecule has 12 heteroatoms. The van der Waals surface area contributed by atoms with E-state index in [0.29, 0.717) is 54.9 Å². The number of aromatic nitrogens is 4. The number of hydrogen-bond acceptors (Lipinski definition) is 8. The van der Waals surface area contributed by atoms with Crippen molar-refractivity contribution in [1.29, 1.82) is 0 Å². The van der Waals surface area contributed by atoms with Crippen molar-refractivity contribution in [3.8, 4) is 11.1 Å². The largest absolute Gasteiger partial charge is 0.481 e. The number of carboxylic acid groups (broad SMARTS) is 1. The molecule has 2 aromatic carbocycles. The van der Waals surface area contributed by atoms with Crippen LogP contribution in [-0.4, -0.2) is 82.7 Å². The van der Waals surface area contributed by atoms with Crippen LogP contribution in [0.5, 0.6) is 0 Å². The van der Waals surface area contributed by atoms with Crippen LogP contribution in [0.25, 0.3) is 22.0 Å². The molecule has 3 N–H and O–H groups in total. The van der Waals surface area contributed by atoms with Gasteiger partial charge in [0.05, 0.1) is 39.1 Å². The van der Waals surface area contributed by atoms with Crippen molar-refractivity contribution in [2.45, 2.75) is 83.5 Å². The molecule has 0 bridgehead atoms. The molecule has 1 atom stereocenters. The van der Waals surface area contributed by atoms with Crippen molar-refractivity contribution < 1.29 is 19.8 Å². The first kappa shape index (κ1) is 37.3. The highest BCUT2D eigenvalue weighted by molar-refractivity contribution is 6.36. The smallest absolute Gasteiger partial charge is 0.306 e. The zero-order valence-corrected chi connectivity index (χ0v) is 32.4. The topological polar surface area (TPSA) is 137 Å². The average molecular weight is 762 g/mol. The number of amides is 1. The van der Waals surface area contributed by atoms with Crippen molar-refractivity contribution in [2.24, 2.45) is 13.0 Å². The number of benzene rings is 2. The van der Waals surface area contributed by atoms with Crippen LogP contribution in [0.1, 0.15) is 83.4 Å². The second kappa shape index (κ2) is 15.1. The zero-order valence-electron chi connectivity index (χ0n) is 31.7. The number of carbonyl (C=O) groups is 2. The second-order valence-electron chi connectivity index (χ2n) is 16.0. The van der Waals surface area contributed by atoms with E-state index in [1.54, 1.807) is 0 Å². The number of pyridine rings is 2. The van der Waals surface area contributed by atoms with E-state index in [2.05, 4.69) is 40.2 Å². The van der Waals surface area contributed by atoms with Gasteiger partial charge in [-0.1, -0.05) is 41.9 Å². The maximum atomic E-state index is 13.8. The van der Waals surface area contributed by atoms with Gasteiger partial charge in [0, 0.05) is 87.7 Å². The minimum atomic E-state index is -0.693. The lowest BCUT2D eigenvalue weighted by Gasteiger charge is -2.37. The Kier molecular flexibility index (Phi) is 10.2. The van der Waals surface area contributed by atoms with Crippen LogP contribution in [0.4, 0.5) is 5.69 Å². The summed E-state index contributed by atoms with van der Waals surface area (Å²) in [5.74, 6) is -0.915. The lowest BCUT2D eigenvalue weighted by atomic mass is 9.85. The Hall–Kier alpha value is -4.68. The summed E-state index contributed by atoms with van der Waals surface area (Å²) in [5, 5.41) is 24.3. The van der Waals surface area contributed by atoms with Crippen molar-refractivity contribution in [3.63, 3.8) is 0 Å². The van der Waals surface area contributed by atoms with Crippen molar-refractivity contribution in [1.82, 2.24) is 29.3 Å². The highest BCUT2D eigenvalue weighted by Gasteiger charge is 2.34. The van der Waals surface area contributed by atoms with Crippen LogP contribution in [0.2, 0.25) is 5.02 Å². The third-order valence-corrected chi connectivity index (χ3v) is 12.5. The lowest BCUT2D eigenvalue weighted by molar-refractivity contribution is -0.143. The predicted octanol–water partition coefficient (Wildman–Crippen LogP) is 6.79. The SMILES string of the molecule is Cc1c(Cc2nccc3cc(CN4CC[C@@](C)(O)C4)cnc23)cccc1-c1cccc(NC(=O)c2nc3c(n2C)CCN(C2CCC(C(=O)O)CC2)C3)c1Cl. The minimum Gasteiger partial charge on any atom is -0.481 e. The molecule has 1 aliphatic carbocycles. The molecular formula is C43H48ClN7O4. The summed E-state index contributed by atoms with van der Waals surface area (Å²) in [6.45, 7) is 7.78. The van der Waals surface area contributed by atoms with E-state index in [0.717, 1.165) is 101 Å². The Labute approximate surface area is 326 Å². The number of anilines is 1. The van der Waals surface area contributed by atoms with E-state index in [1.807, 2.05) is 61.3 Å². The fraction of sp³-hybridized carbons (Fsp3) is 0.419. The van der Waals surface area contributed by atoms with Crippen LogP contribution in [-0.2, 0) is 37.8 Å². The molecule has 11 nitrogen and oxygen atoms in total. The number of nitrogens with zero attached hydrogens (tertiary/aromatic N) is 6. The number of fused-ring (bicyclic) bond motifs is 2. The Balaban J connectivity index is 0.975. The normalized spacial score (nSPS) is 21.8. The van der Waals surface area contributed by atoms with Crippen LogP contribution < -0.4 is 5.32 Å². The van der Waals surface area contributed by atoms with Gasteiger partial charge in [0.25, 0.3) is 5.91 Å². The van der Waals surface area contributed by atoms with Crippen molar-refractivity contribution in [3.05, 3.63) is 106 Å². The highest BCUT2D eigenvalue weighted by Crippen LogP contribution is 2.38. The Bertz CT molecular complexity index is 2280. The molecule has 286 valence electrons. The minimum absolute atomic E-state index is 0.244. The second-order valence-corrected chi connectivity index (χ2v) is 16.3. The fourth-order valence-corrected chi connectivity index (χ4v) is 9.20. The zero-order chi connectivity index (χ0) is 38.4. The molecule has 5 aromatic rings. The van der Waals surface area contributed by atoms with Gasteiger partial charge in [-0.05, 0) is 86.4 Å². The predicted molar refractivity (Wildman–Crippen MR) is 213 cm³/mol. The maximum absolute atomic E-state index is 13.8. The third-order valence-electron chi connectivity index (χ3n) is 12.1. The lowest BCUT2D eigenvalue weighted by Crippen LogP contribution is -2.42. The van der Waals surface area contributed by atoms with Crippen LogP contribution >= 0.6 is 11.6 Å². The van der Waals surface area contributed by atoms with E-state index in [4.69, 9.17) is 26.6 Å². The molecule has 1 saturated heterocycles. The quantitative estimate of drug-likeness (QED) is 0.148. The summed E-state index contributed by atoms with van der Waals surface area (Å²) in [4.78, 5) is 44.3. The number of β-amino-alcohol motifs (C(OH)–C–C–N with tert-alkyl or cyclic N) is 1. The van der Waals surface area contributed by atoms with E-state index in [-0.39, 0.29) is 11.8 Å². The number of carboxylic acids is 1. The van der Waals surface area contributed by atoms with Gasteiger partial charge in [-0.2, -0.15) is 0 Å². The van der Waals surface area contributed by atoms with Crippen LogP contribution in [0.3, 0.4) is 0 Å². The highest BCUT2D eigenvalue weighted by atomic mass is 35.5. The number of halogens is 1. The number of rotatable bonds is 9. The number of likely N-dealkylation sites (tertiary alicyclic amines) is 1. The van der Waals surface area contributed by atoms with E-state index < -0.39 is 11.6 Å². The number of aliphatic hydroxyl groups is 1. The first-order chi connectivity index (χ1) is 26.4. The van der Waals surface area contributed by atoms with E-state index in [9.17, 15) is 19.8 Å². The summed E-state index contributed by atoms with van der Waals surface area (Å²) < 4.78 is 1.89. The molecular weight excluding hydrogens is 714 g/mol. The van der Waals surface area contributed by atoms with Gasteiger partial charge < -0.3 is 20.1 Å². The first-order valence-electron chi connectivity index (χ1n) is 19.3. The number of nitrogens with one attached hydrogen (secondary N) is 1. The van der Waals surface area contributed by atoms with Crippen LogP contribution in [0, 0.1) is 12.8 Å². The van der Waals surface area contributed by atoms with Crippen molar-refractivity contribution in [2.75, 3.05) is 25.0 Å². The fourth-order valence-electron chi connectivity index (χ4n) is 8.92. The van der Waals surface area contributed by atoms with Gasteiger partial charge in [0.2, 0.25) is 0 Å². The standard InChI is InChI=1S/C43H48ClN7O4/c1-26-29(21-35-39-30(14-17-45-35)20-27(22-46-39)23-50-19-16-43(2,55)25-50)6-4-7-32(26)33-8-5-9-34(38(33)44)48-41(52)40-47-36-24-51(18-15-37(36)49(40)3)31-12-10-28(11-13-31)42(53)54/h4-9,14,17,20,22,28,31,55H,10-13,15-16,18-19,21,23-25H2,1-3H3,(H,48,52)(H,53,54)/t28?,31?,43-/m1/s1. The van der Waals surface area contributed by atoms with Gasteiger partial charge >= 0.3 is 5.97 Å². The molecule has 3 aliphatic rings. The number of aliphatic carboxylic acids is 1. The first-order valence-corrected chi connectivity index (χ1v) is 19.7. The Morgan fingerprint density at radius 2 is 1.82 bits per heavy atom. The molecule has 0 spiro atoms. The summed E-state index contributed by atoms with van der Waals surface area (Å²) in [7, 11) is 1.89. The number of carbonyl (C=O) groups excluding carboxylic acids is 1. The summed E-state index contributed by atoms with van der Waals surface area (Å²) >= 11 is 7.08. The monoisotopic (exact) mass is 761 g/mol. The van der Waals surface area contributed by atoms with Gasteiger partial charge in [-0.15, -0.1) is 0 Å². The Morgan fingerprint density at radius 1 is 1.04 bits per heavy atom. The molecule has 55 heavy (non-hydrogen) atoms. The number of imidazole rings is 1. The van der Waals surface area contributed by atoms with Crippen LogP contribution in [0.15, 0.2) is 60.9 Å².